The largest absolute Gasteiger partial charge is 0.480 e. The van der Waals surface area contributed by atoms with E-state index in [2.05, 4.69) is 20.6 Å². The maximum absolute atomic E-state index is 13.1. The van der Waals surface area contributed by atoms with Crippen molar-refractivity contribution in [2.75, 3.05) is 6.54 Å². The molecular formula is C22H27N5O6. The number of carboxylic acid groups (broad SMARTS) is 1. The highest BCUT2D eigenvalue weighted by atomic mass is 16.5. The molecule has 33 heavy (non-hydrogen) atoms. The minimum absolute atomic E-state index is 0.0491. The van der Waals surface area contributed by atoms with Gasteiger partial charge >= 0.3 is 12.1 Å². The van der Waals surface area contributed by atoms with Crippen LogP contribution in [0.5, 0.6) is 0 Å². The van der Waals surface area contributed by atoms with Crippen molar-refractivity contribution in [3.63, 3.8) is 0 Å². The monoisotopic (exact) mass is 457 g/mol. The van der Waals surface area contributed by atoms with E-state index in [0.29, 0.717) is 25.1 Å². The number of carbonyl (C=O) groups is 4. The second-order valence-corrected chi connectivity index (χ2v) is 7.80. The Hall–Kier alpha value is -3.89. The van der Waals surface area contributed by atoms with E-state index in [4.69, 9.17) is 4.74 Å². The molecule has 0 saturated carbocycles. The summed E-state index contributed by atoms with van der Waals surface area (Å²) in [5.74, 6) is -2.18. The summed E-state index contributed by atoms with van der Waals surface area (Å²) in [5.41, 5.74) is 1.40. The van der Waals surface area contributed by atoms with Crippen LogP contribution in [0.1, 0.15) is 31.0 Å². The summed E-state index contributed by atoms with van der Waals surface area (Å²) < 4.78 is 5.12. The van der Waals surface area contributed by atoms with E-state index in [-0.39, 0.29) is 13.0 Å². The highest BCUT2D eigenvalue weighted by Crippen LogP contribution is 2.19. The number of carboxylic acids is 1. The van der Waals surface area contributed by atoms with Crippen molar-refractivity contribution in [1.29, 1.82) is 0 Å². The van der Waals surface area contributed by atoms with Gasteiger partial charge in [0, 0.05) is 24.9 Å². The molecule has 2 aromatic rings. The van der Waals surface area contributed by atoms with Crippen molar-refractivity contribution < 1.29 is 29.0 Å². The Morgan fingerprint density at radius 3 is 2.67 bits per heavy atom. The molecule has 1 aliphatic heterocycles. The number of nitrogens with one attached hydrogen (secondary N) is 3. The normalized spacial score (nSPS) is 17.1. The number of imidazole rings is 1. The number of aromatic nitrogens is 2. The van der Waals surface area contributed by atoms with Gasteiger partial charge in [0.1, 0.15) is 24.7 Å². The summed E-state index contributed by atoms with van der Waals surface area (Å²) in [4.78, 5) is 57.5. The number of ether oxygens (including phenoxy) is 1. The van der Waals surface area contributed by atoms with Gasteiger partial charge in [-0.3, -0.25) is 9.59 Å². The number of aliphatic carboxylic acids is 1. The number of alkyl carbamates (subject to hydrolysis) is 1. The van der Waals surface area contributed by atoms with E-state index in [1.165, 1.54) is 24.3 Å². The standard InChI is InChI=1S/C22H27N5O6/c1-14(25-22(32)33-12-15-6-3-2-4-7-15)19(28)26-17(10-16-11-23-13-24-16)20(29)27-9-5-8-18(27)21(30)31/h2-4,6-7,11,13-14,17-18H,5,8-10,12H2,1H3,(H,23,24)(H,25,32)(H,26,28)(H,30,31)/t14-,17+,18-/m0/s1. The zero-order valence-electron chi connectivity index (χ0n) is 18.2. The first-order valence-electron chi connectivity index (χ1n) is 10.6. The van der Waals surface area contributed by atoms with E-state index in [1.807, 2.05) is 18.2 Å². The number of hydrogen-bond donors (Lipinski definition) is 4. The van der Waals surface area contributed by atoms with Crippen molar-refractivity contribution in [3.05, 3.63) is 54.1 Å². The summed E-state index contributed by atoms with van der Waals surface area (Å²) >= 11 is 0. The molecule has 11 nitrogen and oxygen atoms in total. The van der Waals surface area contributed by atoms with Gasteiger partial charge in [0.2, 0.25) is 11.8 Å². The number of likely N-dealkylation sites (tertiary alicyclic amines) is 1. The molecule has 3 atom stereocenters. The number of hydrogen-bond acceptors (Lipinski definition) is 6. The Balaban J connectivity index is 1.60. The average Bonchev–Trinajstić information content (AvgIpc) is 3.49. The summed E-state index contributed by atoms with van der Waals surface area (Å²) in [6.45, 7) is 1.81. The zero-order valence-corrected chi connectivity index (χ0v) is 18.2. The van der Waals surface area contributed by atoms with Crippen molar-refractivity contribution in [2.24, 2.45) is 0 Å². The van der Waals surface area contributed by atoms with Crippen LogP contribution in [0.15, 0.2) is 42.9 Å². The highest BCUT2D eigenvalue weighted by Gasteiger charge is 2.38. The molecule has 3 rings (SSSR count). The van der Waals surface area contributed by atoms with Crippen LogP contribution in [-0.2, 0) is 32.1 Å². The van der Waals surface area contributed by atoms with Crippen LogP contribution in [-0.4, -0.2) is 68.5 Å². The number of carbonyl (C=O) groups excluding carboxylic acids is 3. The third-order valence-corrected chi connectivity index (χ3v) is 5.35. The lowest BCUT2D eigenvalue weighted by Gasteiger charge is -2.28. The second kappa shape index (κ2) is 11.1. The smallest absolute Gasteiger partial charge is 0.408 e. The minimum atomic E-state index is -1.08. The van der Waals surface area contributed by atoms with Crippen LogP contribution < -0.4 is 10.6 Å². The minimum Gasteiger partial charge on any atom is -0.480 e. The highest BCUT2D eigenvalue weighted by molar-refractivity contribution is 5.93. The first-order chi connectivity index (χ1) is 15.8. The number of benzene rings is 1. The summed E-state index contributed by atoms with van der Waals surface area (Å²) in [6, 6.07) is 6.15. The van der Waals surface area contributed by atoms with Gasteiger partial charge in [-0.15, -0.1) is 0 Å². The lowest BCUT2D eigenvalue weighted by atomic mass is 10.1. The topological polar surface area (TPSA) is 154 Å². The van der Waals surface area contributed by atoms with Crippen LogP contribution in [0.2, 0.25) is 0 Å². The van der Waals surface area contributed by atoms with Gasteiger partial charge in [-0.1, -0.05) is 30.3 Å². The van der Waals surface area contributed by atoms with Gasteiger partial charge in [0.05, 0.1) is 6.33 Å². The Labute approximate surface area is 190 Å². The zero-order chi connectivity index (χ0) is 23.8. The predicted octanol–water partition coefficient (Wildman–Crippen LogP) is 0.828. The Morgan fingerprint density at radius 1 is 1.24 bits per heavy atom. The van der Waals surface area contributed by atoms with Gasteiger partial charge in [-0.05, 0) is 25.3 Å². The molecule has 0 spiro atoms. The maximum Gasteiger partial charge on any atom is 0.408 e. The molecule has 3 amide bonds. The Bertz CT molecular complexity index is 965. The van der Waals surface area contributed by atoms with E-state index in [1.54, 1.807) is 12.1 Å². The first kappa shape index (κ1) is 23.8. The Kier molecular flexibility index (Phi) is 8.01. The van der Waals surface area contributed by atoms with Crippen molar-refractivity contribution in [3.8, 4) is 0 Å². The predicted molar refractivity (Wildman–Crippen MR) is 116 cm³/mol. The van der Waals surface area contributed by atoms with E-state index < -0.39 is 42.0 Å². The maximum atomic E-state index is 13.1. The number of rotatable bonds is 9. The molecule has 1 aromatic heterocycles. The summed E-state index contributed by atoms with van der Waals surface area (Å²) in [7, 11) is 0. The summed E-state index contributed by atoms with van der Waals surface area (Å²) in [5, 5.41) is 14.5. The second-order valence-electron chi connectivity index (χ2n) is 7.80. The van der Waals surface area contributed by atoms with Crippen LogP contribution in [0.4, 0.5) is 4.79 Å². The van der Waals surface area contributed by atoms with Gasteiger partial charge in [0.15, 0.2) is 0 Å². The fraction of sp³-hybridized carbons (Fsp3) is 0.409. The van der Waals surface area contributed by atoms with E-state index in [9.17, 15) is 24.3 Å². The molecule has 176 valence electrons. The molecule has 4 N–H and O–H groups in total. The molecule has 1 aliphatic rings. The van der Waals surface area contributed by atoms with Gasteiger partial charge in [-0.2, -0.15) is 0 Å². The first-order valence-corrected chi connectivity index (χ1v) is 10.6. The average molecular weight is 457 g/mol. The number of amides is 3. The van der Waals surface area contributed by atoms with Crippen molar-refractivity contribution in [2.45, 2.75) is 50.9 Å². The number of nitrogens with zero attached hydrogens (tertiary/aromatic N) is 2. The quantitative estimate of drug-likeness (QED) is 0.435. The van der Waals surface area contributed by atoms with Gasteiger partial charge in [-0.25, -0.2) is 14.6 Å². The van der Waals surface area contributed by atoms with Crippen LogP contribution in [0.3, 0.4) is 0 Å². The molecule has 2 heterocycles. The lowest BCUT2D eigenvalue weighted by Crippen LogP contribution is -2.56. The molecule has 1 aromatic carbocycles. The van der Waals surface area contributed by atoms with Gasteiger partial charge < -0.3 is 30.4 Å². The molecule has 0 bridgehead atoms. The molecule has 11 heteroatoms. The molecular weight excluding hydrogens is 430 g/mol. The molecule has 0 unspecified atom stereocenters. The third-order valence-electron chi connectivity index (χ3n) is 5.35. The SMILES string of the molecule is C[C@H](NC(=O)OCc1ccccc1)C(=O)N[C@H](Cc1cnc[nH]1)C(=O)N1CCC[C@H]1C(=O)O. The van der Waals surface area contributed by atoms with Crippen LogP contribution >= 0.6 is 0 Å². The third kappa shape index (κ3) is 6.55. The van der Waals surface area contributed by atoms with E-state index in [0.717, 1.165) is 5.56 Å². The molecule has 0 radical (unpaired) electrons. The molecule has 1 fully saturated rings. The van der Waals surface area contributed by atoms with Crippen molar-refractivity contribution in [1.82, 2.24) is 25.5 Å². The lowest BCUT2D eigenvalue weighted by molar-refractivity contribution is -0.149. The van der Waals surface area contributed by atoms with E-state index >= 15 is 0 Å². The van der Waals surface area contributed by atoms with Crippen molar-refractivity contribution >= 4 is 23.9 Å². The number of H-pyrrole nitrogens is 1. The van der Waals surface area contributed by atoms with Crippen LogP contribution in [0.25, 0.3) is 0 Å². The molecule has 1 saturated heterocycles. The fourth-order valence-corrected chi connectivity index (χ4v) is 3.61. The number of aromatic amines is 1. The molecule has 0 aliphatic carbocycles. The Morgan fingerprint density at radius 2 is 2.00 bits per heavy atom. The summed E-state index contributed by atoms with van der Waals surface area (Å²) in [6.07, 6.45) is 3.21. The van der Waals surface area contributed by atoms with Gasteiger partial charge in [0.25, 0.3) is 0 Å². The van der Waals surface area contributed by atoms with Crippen LogP contribution in [0, 0.1) is 0 Å². The fourth-order valence-electron chi connectivity index (χ4n) is 3.61.